The molecule has 7 heteroatoms. The lowest BCUT2D eigenvalue weighted by Gasteiger charge is -2.12. The molecule has 1 aromatic carbocycles. The van der Waals surface area contributed by atoms with Gasteiger partial charge in [0.25, 0.3) is 0 Å². The first-order valence-electron chi connectivity index (χ1n) is 6.59. The summed E-state index contributed by atoms with van der Waals surface area (Å²) >= 11 is 0. The summed E-state index contributed by atoms with van der Waals surface area (Å²) in [6.45, 7) is 0.657. The Hall–Kier alpha value is -2.12. The minimum Gasteiger partial charge on any atom is -0.493 e. The van der Waals surface area contributed by atoms with Gasteiger partial charge >= 0.3 is 0 Å². The number of rotatable bonds is 9. The molecule has 1 unspecified atom stereocenters. The van der Waals surface area contributed by atoms with E-state index in [0.29, 0.717) is 24.5 Å². The van der Waals surface area contributed by atoms with E-state index in [9.17, 15) is 9.59 Å². The predicted octanol–water partition coefficient (Wildman–Crippen LogP) is 0.243. The number of methoxy groups -OCH3 is 1. The third kappa shape index (κ3) is 6.73. The summed E-state index contributed by atoms with van der Waals surface area (Å²) in [4.78, 5) is 22.4. The lowest BCUT2D eigenvalue weighted by atomic mass is 10.2. The molecule has 0 aliphatic heterocycles. The van der Waals surface area contributed by atoms with Crippen LogP contribution in [0.2, 0.25) is 0 Å². The van der Waals surface area contributed by atoms with Crippen molar-refractivity contribution in [2.75, 3.05) is 25.6 Å². The maximum absolute atomic E-state index is 11.8. The van der Waals surface area contributed by atoms with Gasteiger partial charge < -0.3 is 26.3 Å². The molecular formula is C14H21N3O4. The Kier molecular flexibility index (Phi) is 7.20. The molecular weight excluding hydrogens is 274 g/mol. The van der Waals surface area contributed by atoms with E-state index in [0.717, 1.165) is 0 Å². The average molecular weight is 295 g/mol. The molecule has 0 heterocycles. The normalized spacial score (nSPS) is 11.7. The summed E-state index contributed by atoms with van der Waals surface area (Å²) < 4.78 is 10.2. The first kappa shape index (κ1) is 16.9. The van der Waals surface area contributed by atoms with Gasteiger partial charge in [0.15, 0.2) is 0 Å². The van der Waals surface area contributed by atoms with Gasteiger partial charge in [0.2, 0.25) is 11.8 Å². The highest BCUT2D eigenvalue weighted by Crippen LogP contribution is 2.16. The van der Waals surface area contributed by atoms with Crippen LogP contribution in [0.15, 0.2) is 24.3 Å². The Morgan fingerprint density at radius 1 is 1.24 bits per heavy atom. The fraction of sp³-hybridized carbons (Fsp3) is 0.429. The summed E-state index contributed by atoms with van der Waals surface area (Å²) in [5.41, 5.74) is 11.3. The summed E-state index contributed by atoms with van der Waals surface area (Å²) in [7, 11) is 1.56. The van der Waals surface area contributed by atoms with Crippen LogP contribution in [0.1, 0.15) is 12.8 Å². The number of primary amides is 1. The smallest absolute Gasteiger partial charge is 0.241 e. The number of carbonyl (C=O) groups is 2. The summed E-state index contributed by atoms with van der Waals surface area (Å²) in [6.07, 6.45) is 0.615. The van der Waals surface area contributed by atoms with E-state index in [1.807, 2.05) is 0 Å². The van der Waals surface area contributed by atoms with Crippen LogP contribution in [-0.4, -0.2) is 38.2 Å². The number of amides is 2. The molecule has 1 aromatic rings. The Labute approximate surface area is 123 Å². The second-order valence-corrected chi connectivity index (χ2v) is 4.47. The highest BCUT2D eigenvalue weighted by molar-refractivity contribution is 5.94. The second kappa shape index (κ2) is 8.93. The Bertz CT molecular complexity index is 462. The predicted molar refractivity (Wildman–Crippen MR) is 78.8 cm³/mol. The van der Waals surface area contributed by atoms with Crippen LogP contribution >= 0.6 is 0 Å². The van der Waals surface area contributed by atoms with E-state index in [-0.39, 0.29) is 18.9 Å². The molecule has 2 amide bonds. The SMILES string of the molecule is COCCC(N)C(=O)Nc1ccc(OCCC(N)=O)cc1. The Balaban J connectivity index is 2.43. The zero-order valence-corrected chi connectivity index (χ0v) is 12.0. The van der Waals surface area contributed by atoms with Crippen LogP contribution in [0.25, 0.3) is 0 Å². The number of hydrogen-bond donors (Lipinski definition) is 3. The van der Waals surface area contributed by atoms with Crippen molar-refractivity contribution in [3.05, 3.63) is 24.3 Å². The van der Waals surface area contributed by atoms with E-state index in [2.05, 4.69) is 5.32 Å². The molecule has 1 atom stereocenters. The molecule has 0 aliphatic rings. The van der Waals surface area contributed by atoms with Crippen molar-refractivity contribution >= 4 is 17.5 Å². The van der Waals surface area contributed by atoms with Crippen LogP contribution in [0.5, 0.6) is 5.75 Å². The van der Waals surface area contributed by atoms with Gasteiger partial charge in [0, 0.05) is 19.4 Å². The molecule has 7 nitrogen and oxygen atoms in total. The number of nitrogens with two attached hydrogens (primary N) is 2. The van der Waals surface area contributed by atoms with Crippen molar-refractivity contribution in [1.29, 1.82) is 0 Å². The molecule has 21 heavy (non-hydrogen) atoms. The first-order valence-corrected chi connectivity index (χ1v) is 6.59. The second-order valence-electron chi connectivity index (χ2n) is 4.47. The van der Waals surface area contributed by atoms with Crippen molar-refractivity contribution in [3.63, 3.8) is 0 Å². The number of anilines is 1. The van der Waals surface area contributed by atoms with Crippen molar-refractivity contribution < 1.29 is 19.1 Å². The summed E-state index contributed by atoms with van der Waals surface area (Å²) in [5, 5.41) is 2.70. The van der Waals surface area contributed by atoms with Crippen LogP contribution in [-0.2, 0) is 14.3 Å². The first-order chi connectivity index (χ1) is 10.0. The van der Waals surface area contributed by atoms with Crippen molar-refractivity contribution in [3.8, 4) is 5.75 Å². The fourth-order valence-electron chi connectivity index (χ4n) is 1.51. The lowest BCUT2D eigenvalue weighted by molar-refractivity contribution is -0.119. The zero-order chi connectivity index (χ0) is 15.7. The molecule has 0 saturated carbocycles. The molecule has 0 fully saturated rings. The molecule has 0 spiro atoms. The molecule has 0 bridgehead atoms. The highest BCUT2D eigenvalue weighted by Gasteiger charge is 2.13. The minimum absolute atomic E-state index is 0.160. The topological polar surface area (TPSA) is 117 Å². The maximum Gasteiger partial charge on any atom is 0.241 e. The van der Waals surface area contributed by atoms with Gasteiger partial charge in [-0.2, -0.15) is 0 Å². The molecule has 0 saturated heterocycles. The lowest BCUT2D eigenvalue weighted by Crippen LogP contribution is -2.36. The monoisotopic (exact) mass is 295 g/mol. The third-order valence-electron chi connectivity index (χ3n) is 2.71. The molecule has 5 N–H and O–H groups in total. The number of benzene rings is 1. The van der Waals surface area contributed by atoms with Crippen molar-refractivity contribution in [1.82, 2.24) is 0 Å². The molecule has 0 aliphatic carbocycles. The van der Waals surface area contributed by atoms with Crippen molar-refractivity contribution in [2.24, 2.45) is 11.5 Å². The average Bonchev–Trinajstić information content (AvgIpc) is 2.46. The standard InChI is InChI=1S/C14H21N3O4/c1-20-8-6-12(15)14(19)17-10-2-4-11(5-3-10)21-9-7-13(16)18/h2-5,12H,6-9,15H2,1H3,(H2,16,18)(H,17,19). The zero-order valence-electron chi connectivity index (χ0n) is 12.0. The number of carbonyl (C=O) groups excluding carboxylic acids is 2. The fourth-order valence-corrected chi connectivity index (χ4v) is 1.51. The van der Waals surface area contributed by atoms with Crippen LogP contribution in [0, 0.1) is 0 Å². The largest absolute Gasteiger partial charge is 0.493 e. The minimum atomic E-state index is -0.614. The van der Waals surface area contributed by atoms with E-state index < -0.39 is 11.9 Å². The molecule has 0 aromatic heterocycles. The van der Waals surface area contributed by atoms with E-state index in [1.165, 1.54) is 0 Å². The van der Waals surface area contributed by atoms with E-state index in [1.54, 1.807) is 31.4 Å². The molecule has 116 valence electrons. The van der Waals surface area contributed by atoms with E-state index in [4.69, 9.17) is 20.9 Å². The van der Waals surface area contributed by atoms with Gasteiger partial charge in [-0.15, -0.1) is 0 Å². The highest BCUT2D eigenvalue weighted by atomic mass is 16.5. The van der Waals surface area contributed by atoms with Gasteiger partial charge in [-0.05, 0) is 30.7 Å². The van der Waals surface area contributed by atoms with Gasteiger partial charge in [0.1, 0.15) is 5.75 Å². The maximum atomic E-state index is 11.8. The van der Waals surface area contributed by atoms with Gasteiger partial charge in [0.05, 0.1) is 19.1 Å². The van der Waals surface area contributed by atoms with Gasteiger partial charge in [-0.3, -0.25) is 9.59 Å². The third-order valence-corrected chi connectivity index (χ3v) is 2.71. The van der Waals surface area contributed by atoms with Crippen LogP contribution < -0.4 is 21.5 Å². The Morgan fingerprint density at radius 3 is 2.48 bits per heavy atom. The number of nitrogens with one attached hydrogen (secondary N) is 1. The number of hydrogen-bond acceptors (Lipinski definition) is 5. The van der Waals surface area contributed by atoms with Gasteiger partial charge in [-0.1, -0.05) is 0 Å². The summed E-state index contributed by atoms with van der Waals surface area (Å²) in [5.74, 6) is -0.0868. The molecule has 0 radical (unpaired) electrons. The molecule has 1 rings (SSSR count). The Morgan fingerprint density at radius 2 is 1.90 bits per heavy atom. The van der Waals surface area contributed by atoms with Crippen LogP contribution in [0.4, 0.5) is 5.69 Å². The van der Waals surface area contributed by atoms with E-state index >= 15 is 0 Å². The van der Waals surface area contributed by atoms with Crippen LogP contribution in [0.3, 0.4) is 0 Å². The summed E-state index contributed by atoms with van der Waals surface area (Å²) in [6, 6.07) is 6.16. The quantitative estimate of drug-likeness (QED) is 0.603. The number of ether oxygens (including phenoxy) is 2. The van der Waals surface area contributed by atoms with Crippen molar-refractivity contribution in [2.45, 2.75) is 18.9 Å². The van der Waals surface area contributed by atoms with Gasteiger partial charge in [-0.25, -0.2) is 0 Å².